The number of aliphatic hydroxyl groups excluding tert-OH is 4. The number of Topliss-reactive ketones (excluding diaryl/α,β-unsaturated/α-hetero) is 4. The fourth-order valence-electron chi connectivity index (χ4n) is 15.9. The Balaban J connectivity index is 1.01. The van der Waals surface area contributed by atoms with E-state index in [4.69, 9.17) is 77.9 Å². The van der Waals surface area contributed by atoms with Crippen molar-refractivity contribution in [1.29, 1.82) is 0 Å². The number of aliphatic hydroxyl groups is 5. The lowest BCUT2D eigenvalue weighted by Gasteiger charge is -2.47. The topological polar surface area (TPSA) is 504 Å². The number of fused-ring (bicyclic) bond motifs is 2. The Labute approximate surface area is 777 Å². The van der Waals surface area contributed by atoms with Crippen molar-refractivity contribution in [3.8, 4) is 40.9 Å². The summed E-state index contributed by atoms with van der Waals surface area (Å²) in [6, 6.07) is 2.63. The summed E-state index contributed by atoms with van der Waals surface area (Å²) in [7, 11) is 7.88. The molecule has 36 nitrogen and oxygen atoms in total. The number of benzene rings is 2. The van der Waals surface area contributed by atoms with Crippen LogP contribution in [0.1, 0.15) is 161 Å². The van der Waals surface area contributed by atoms with E-state index < -0.39 is 204 Å². The van der Waals surface area contributed by atoms with Gasteiger partial charge in [0.1, 0.15) is 60.0 Å². The van der Waals surface area contributed by atoms with E-state index in [1.165, 1.54) is 80.9 Å². The molecule has 4 saturated heterocycles. The predicted octanol–water partition coefficient (Wildman–Crippen LogP) is 6.41. The molecule has 2 aromatic rings. The van der Waals surface area contributed by atoms with E-state index in [2.05, 4.69) is 45.1 Å². The summed E-state index contributed by atoms with van der Waals surface area (Å²) in [5, 5.41) is 65.6. The first-order chi connectivity index (χ1) is 61.4. The van der Waals surface area contributed by atoms with Gasteiger partial charge in [0.25, 0.3) is 0 Å². The quantitative estimate of drug-likeness (QED) is 0.00851. The summed E-state index contributed by atoms with van der Waals surface area (Å²) in [5.74, 6) is 6.69. The Bertz CT molecular complexity index is 4450. The maximum Gasteiger partial charge on any atom is 0.410 e. The molecule has 8 rings (SSSR count). The number of urea groups is 1. The minimum atomic E-state index is -2.18. The molecule has 0 spiro atoms. The first kappa shape index (κ1) is 107. The van der Waals surface area contributed by atoms with E-state index in [-0.39, 0.29) is 128 Å². The summed E-state index contributed by atoms with van der Waals surface area (Å²) in [6.07, 6.45) is -15.0. The molecule has 5 amide bonds. The first-order valence-electron chi connectivity index (χ1n) is 43.0. The third kappa shape index (κ3) is 28.8. The van der Waals surface area contributed by atoms with Crippen LogP contribution in [0.25, 0.3) is 0 Å². The number of carbonyl (C=O) groups is 10. The zero-order valence-corrected chi connectivity index (χ0v) is 79.9. The fourth-order valence-corrected chi connectivity index (χ4v) is 19.6. The summed E-state index contributed by atoms with van der Waals surface area (Å²) in [6.45, 7) is 18.1. The lowest BCUT2D eigenvalue weighted by Crippen LogP contribution is -2.65. The number of anilines is 1. The number of carbonyl (C=O) groups excluding carboxylic acids is 10. The normalized spacial score (nSPS) is 28.3. The molecule has 714 valence electrons. The number of likely N-dealkylation sites (N-methyl/N-ethyl adjacent to an activating group) is 1. The lowest BCUT2D eigenvalue weighted by atomic mass is 9.72. The van der Waals surface area contributed by atoms with Crippen molar-refractivity contribution in [3.63, 3.8) is 0 Å². The highest BCUT2D eigenvalue weighted by Gasteiger charge is 2.53. The average Bonchev–Trinajstić information content (AvgIpc) is 0.755. The third-order valence-corrected chi connectivity index (χ3v) is 28.0. The first-order valence-corrected chi connectivity index (χ1v) is 47.3. The Morgan fingerprint density at radius 1 is 0.783 bits per heavy atom. The van der Waals surface area contributed by atoms with Crippen LogP contribution in [0.4, 0.5) is 15.3 Å². The smallest absolute Gasteiger partial charge is 0.410 e. The maximum atomic E-state index is 14.7. The van der Waals surface area contributed by atoms with Crippen LogP contribution in [0.5, 0.6) is 17.2 Å². The molecule has 4 fully saturated rings. The van der Waals surface area contributed by atoms with Crippen molar-refractivity contribution in [1.82, 2.24) is 21.0 Å². The van der Waals surface area contributed by atoms with Crippen LogP contribution in [0.2, 0.25) is 0 Å². The molecule has 6 aliphatic rings. The fraction of sp³-hybridized carbons (Fsp3) is 0.640. The van der Waals surface area contributed by atoms with Gasteiger partial charge in [0.15, 0.2) is 47.5 Å². The second-order valence-corrected chi connectivity index (χ2v) is 37.5. The van der Waals surface area contributed by atoms with Gasteiger partial charge in [0.05, 0.1) is 96.9 Å². The van der Waals surface area contributed by atoms with Gasteiger partial charge in [0, 0.05) is 99.4 Å². The van der Waals surface area contributed by atoms with Crippen molar-refractivity contribution < 1.29 is 140 Å². The number of nitrogens with one attached hydrogen (secondary N) is 4. The number of primary amides is 1. The van der Waals surface area contributed by atoms with Crippen molar-refractivity contribution in [2.75, 3.05) is 72.4 Å². The Hall–Kier alpha value is -7.38. The molecule has 0 aromatic heterocycles. The number of ether oxygens (including phenoxy) is 13. The van der Waals surface area contributed by atoms with E-state index >= 15 is 0 Å². The van der Waals surface area contributed by atoms with Crippen molar-refractivity contribution >= 4 is 120 Å². The number of nitrogens with zero attached hydrogens (tertiary/aromatic N) is 1. The number of nitrogens with two attached hydrogens (primary N) is 2. The van der Waals surface area contributed by atoms with E-state index in [9.17, 15) is 73.5 Å². The number of methoxy groups -OCH3 is 4. The molecule has 2 bridgehead atoms. The van der Waals surface area contributed by atoms with E-state index in [0.717, 1.165) is 11.8 Å². The van der Waals surface area contributed by atoms with Gasteiger partial charge in [-0.2, -0.15) is 5.48 Å². The summed E-state index contributed by atoms with van der Waals surface area (Å²) in [5.41, 5.74) is 13.1. The standard InChI is InChI=1S/C89H124IN7O29S3/c1-16-97(88(111)119-43-53-28-30-56(31-29-53)94-81(106)55(26-24-35-93-87(92)110)39-60(100)70(45(3)4)95-82(107)54(37-46(5)98)25-21-23-34-91)59-44-118-65(41-64(59)113-12)124-78-73(104)71(49(8)121-86(78)123-63-27-20-18-19-22-33-89(112)42-62(102)57(38-47(6)99)68(63)58(89)32-36-127-129-52(11)83(108)117-17-2)96-126-66-40-61(101)80(51(10)120-66)128-84(109)67-48(7)69(90)76(79(116-15)75(67)114-13)125-85-74(105)77(115-14)72(103)50(9)122-85/h18-19,28-32,45,49-52,54-55,59,61,63-66,70-74,77-78,80,85-86,96,101,103-105,112H,16-17,21,23-26,34-44,91H2,1-15H3,(H,94,106)(H,95,107)(H3,92,93,110)/b19-18-,58-32+/t49-,50+,51-,52?,54-,55-,59+,61+,63+,64+,65+,66+,70+,71-,72+,73+,74-,77-,78-,80-,85+,86+,89+/m1/s1. The second-order valence-electron chi connectivity index (χ2n) is 32.5. The largest absolute Gasteiger partial charge is 0.492 e. The molecule has 4 aliphatic heterocycles. The van der Waals surface area contributed by atoms with Gasteiger partial charge in [-0.1, -0.05) is 95.5 Å². The van der Waals surface area contributed by atoms with Gasteiger partial charge in [-0.05, 0) is 158 Å². The predicted molar refractivity (Wildman–Crippen MR) is 484 cm³/mol. The zero-order valence-electron chi connectivity index (χ0n) is 75.3. The minimum absolute atomic E-state index is 0.00594. The molecular formula is C89H124IN7O29S3. The third-order valence-electron chi connectivity index (χ3n) is 22.7. The summed E-state index contributed by atoms with van der Waals surface area (Å²) in [4.78, 5) is 143. The second kappa shape index (κ2) is 51.2. The van der Waals surface area contributed by atoms with Crippen LogP contribution >= 0.6 is 55.9 Å². The number of halogens is 1. The molecule has 1 unspecified atom stereocenters. The zero-order chi connectivity index (χ0) is 94.8. The SMILES string of the molecule is CCOC(=O)C(C)SSC/C=C1\C2=C(CC(C)=O)C(=O)C[C@@]1(O)C#C/C=C\C#C[C@@H]2O[C@@H]1O[C@H](C)[C@@H](NO[C@H]2C[C@H](O)[C@H](SC(=O)c3c(C)c(I)c(O[C@@H]4O[C@@H](C)[C@H](O)[C@@H](OC)[C@H]4O)c(OC)c3OC)[C@@H](C)O2)[C@H](O)[C@H]1O[C@H]1C[C@H](OC)[C@@H](N(CC)C(=O)OCc2ccc(NC(=O)[C@H](CCCNC(N)=O)CC(=O)[C@@H](NC(=O)[C@H](CCCCN)CC(C)=O)C(C)C)cc2)CO1. The Kier molecular flexibility index (Phi) is 42.4. The van der Waals surface area contributed by atoms with Crippen molar-refractivity contribution in [2.45, 2.75) is 280 Å². The molecule has 2 aliphatic carbocycles. The van der Waals surface area contributed by atoms with Gasteiger partial charge in [0.2, 0.25) is 29.0 Å². The molecule has 4 heterocycles. The number of esters is 1. The van der Waals surface area contributed by atoms with Gasteiger partial charge in [-0.15, -0.1) is 0 Å². The highest BCUT2D eigenvalue weighted by atomic mass is 127. The Morgan fingerprint density at radius 2 is 1.47 bits per heavy atom. The van der Waals surface area contributed by atoms with Crippen LogP contribution in [0.3, 0.4) is 0 Å². The molecule has 13 N–H and O–H groups in total. The molecule has 0 saturated carbocycles. The maximum absolute atomic E-state index is 14.7. The van der Waals surface area contributed by atoms with Crippen molar-refractivity contribution in [3.05, 3.63) is 79.5 Å². The summed E-state index contributed by atoms with van der Waals surface area (Å²) < 4.78 is 80.0. The average molecular weight is 1980 g/mol. The van der Waals surface area contributed by atoms with Crippen LogP contribution < -0.4 is 47.1 Å². The number of unbranched alkanes of at least 4 members (excludes halogenated alkanes) is 1. The molecule has 2 aromatic carbocycles. The minimum Gasteiger partial charge on any atom is -0.492 e. The number of rotatable bonds is 45. The monoisotopic (exact) mass is 1980 g/mol. The number of hydroxylamine groups is 1. The number of allylic oxidation sites excluding steroid dienone is 3. The van der Waals surface area contributed by atoms with E-state index in [0.29, 0.717) is 46.2 Å². The van der Waals surface area contributed by atoms with Crippen LogP contribution in [-0.2, 0) is 92.4 Å². The number of hydrogen-bond donors (Lipinski definition) is 11. The van der Waals surface area contributed by atoms with Crippen LogP contribution in [0.15, 0.2) is 59.2 Å². The highest BCUT2D eigenvalue weighted by Crippen LogP contribution is 2.50. The van der Waals surface area contributed by atoms with Crippen LogP contribution in [0, 0.1) is 51.9 Å². The van der Waals surface area contributed by atoms with Gasteiger partial charge in [-0.3, -0.25) is 38.4 Å². The van der Waals surface area contributed by atoms with Gasteiger partial charge < -0.3 is 124 Å². The molecule has 23 atom stereocenters. The van der Waals surface area contributed by atoms with Crippen molar-refractivity contribution in [2.24, 2.45) is 29.2 Å². The number of thioether (sulfide) groups is 1. The Morgan fingerprint density at radius 3 is 2.11 bits per heavy atom. The van der Waals surface area contributed by atoms with E-state index in [1.807, 2.05) is 22.6 Å². The molecule has 0 radical (unpaired) electrons. The van der Waals surface area contributed by atoms with E-state index in [1.54, 1.807) is 92.7 Å². The molecule has 40 heteroatoms. The number of ketones is 4. The van der Waals surface area contributed by atoms with Gasteiger partial charge >= 0.3 is 18.1 Å². The molecular weight excluding hydrogens is 1850 g/mol. The lowest BCUT2D eigenvalue weighted by molar-refractivity contribution is -0.337. The van der Waals surface area contributed by atoms with Gasteiger partial charge in [-0.25, -0.2) is 9.59 Å². The molecule has 129 heavy (non-hydrogen) atoms. The number of amides is 5. The van der Waals surface area contributed by atoms with Crippen LogP contribution in [-0.4, -0.2) is 282 Å². The highest BCUT2D eigenvalue weighted by molar-refractivity contribution is 14.1. The number of hydrogen-bond acceptors (Lipinski definition) is 34. The summed E-state index contributed by atoms with van der Waals surface area (Å²) >= 11 is 2.75.